The number of halogens is 2. The van der Waals surface area contributed by atoms with Gasteiger partial charge in [0.25, 0.3) is 5.91 Å². The predicted molar refractivity (Wildman–Crippen MR) is 85.5 cm³/mol. The van der Waals surface area contributed by atoms with Gasteiger partial charge in [-0.05, 0) is 25.2 Å². The fraction of sp³-hybridized carbons (Fsp3) is 0.412. The number of carbonyl (C=O) groups excluding carboxylic acids is 1. The molecule has 0 aliphatic carbocycles. The number of ether oxygens (including phenoxy) is 1. The lowest BCUT2D eigenvalue weighted by atomic mass is 10.1. The lowest BCUT2D eigenvalue weighted by Gasteiger charge is -2.33. The van der Waals surface area contributed by atoms with E-state index in [-0.39, 0.29) is 29.4 Å². The van der Waals surface area contributed by atoms with Crippen LogP contribution in [0.1, 0.15) is 10.5 Å². The Kier molecular flexibility index (Phi) is 4.01. The van der Waals surface area contributed by atoms with Crippen molar-refractivity contribution in [1.29, 1.82) is 0 Å². The molecule has 8 heteroatoms. The molecule has 6 nitrogen and oxygen atoms in total. The quantitative estimate of drug-likeness (QED) is 0.821. The summed E-state index contributed by atoms with van der Waals surface area (Å²) < 4.78 is 33.9. The number of fused-ring (bicyclic) bond motifs is 1. The standard InChI is InChI=1S/C17H18F2N4O2/c1-21-6-7-25-16-10-22(9-15(16)21)17(24)13-4-5-23(20-13)14-3-2-11(18)8-12(14)19/h2-5,8,15-16H,6-7,9-10H2,1H3/t15-,16+/m0/s1. The Morgan fingerprint density at radius 3 is 2.88 bits per heavy atom. The van der Waals surface area contributed by atoms with Crippen LogP contribution in [-0.4, -0.2) is 70.9 Å². The van der Waals surface area contributed by atoms with Crippen molar-refractivity contribution in [3.8, 4) is 5.69 Å². The number of hydrogen-bond donors (Lipinski definition) is 0. The van der Waals surface area contributed by atoms with Gasteiger partial charge in [-0.1, -0.05) is 0 Å². The number of morpholine rings is 1. The molecule has 0 bridgehead atoms. The van der Waals surface area contributed by atoms with Crippen molar-refractivity contribution < 1.29 is 18.3 Å². The fourth-order valence-electron chi connectivity index (χ4n) is 3.42. The van der Waals surface area contributed by atoms with Crippen LogP contribution in [0.25, 0.3) is 5.69 Å². The molecule has 3 heterocycles. The van der Waals surface area contributed by atoms with E-state index in [0.717, 1.165) is 18.7 Å². The van der Waals surface area contributed by atoms with Crippen molar-refractivity contribution in [1.82, 2.24) is 19.6 Å². The summed E-state index contributed by atoms with van der Waals surface area (Å²) in [5.41, 5.74) is 0.323. The number of rotatable bonds is 2. The monoisotopic (exact) mass is 348 g/mol. The first-order chi connectivity index (χ1) is 12.0. The van der Waals surface area contributed by atoms with E-state index in [1.54, 1.807) is 4.90 Å². The van der Waals surface area contributed by atoms with E-state index in [4.69, 9.17) is 4.74 Å². The highest BCUT2D eigenvalue weighted by atomic mass is 19.1. The second-order valence-corrected chi connectivity index (χ2v) is 6.41. The maximum Gasteiger partial charge on any atom is 0.274 e. The molecule has 0 saturated carbocycles. The smallest absolute Gasteiger partial charge is 0.274 e. The van der Waals surface area contributed by atoms with Crippen molar-refractivity contribution >= 4 is 5.91 Å². The van der Waals surface area contributed by atoms with E-state index in [0.29, 0.717) is 19.7 Å². The zero-order valence-electron chi connectivity index (χ0n) is 13.7. The molecular formula is C17H18F2N4O2. The van der Waals surface area contributed by atoms with Crippen LogP contribution in [0, 0.1) is 11.6 Å². The van der Waals surface area contributed by atoms with Crippen LogP contribution in [0.5, 0.6) is 0 Å². The van der Waals surface area contributed by atoms with Crippen LogP contribution in [0.3, 0.4) is 0 Å². The minimum Gasteiger partial charge on any atom is -0.373 e. The molecule has 4 rings (SSSR count). The molecule has 2 aliphatic rings. The molecule has 0 spiro atoms. The molecule has 2 aliphatic heterocycles. The van der Waals surface area contributed by atoms with Gasteiger partial charge < -0.3 is 9.64 Å². The lowest BCUT2D eigenvalue weighted by molar-refractivity contribution is -0.0368. The van der Waals surface area contributed by atoms with E-state index in [1.807, 2.05) is 7.05 Å². The first-order valence-corrected chi connectivity index (χ1v) is 8.15. The summed E-state index contributed by atoms with van der Waals surface area (Å²) in [5.74, 6) is -1.61. The Morgan fingerprint density at radius 1 is 1.28 bits per heavy atom. The zero-order chi connectivity index (χ0) is 17.6. The van der Waals surface area contributed by atoms with E-state index in [1.165, 1.54) is 23.0 Å². The molecule has 1 aromatic heterocycles. The first-order valence-electron chi connectivity index (χ1n) is 8.15. The Balaban J connectivity index is 1.53. The van der Waals surface area contributed by atoms with Crippen LogP contribution in [0.2, 0.25) is 0 Å². The Bertz CT molecular complexity index is 810. The van der Waals surface area contributed by atoms with Crippen molar-refractivity contribution in [3.63, 3.8) is 0 Å². The molecule has 2 fully saturated rings. The number of carbonyl (C=O) groups is 1. The highest BCUT2D eigenvalue weighted by Gasteiger charge is 2.41. The number of amides is 1. The molecule has 1 aromatic carbocycles. The Morgan fingerprint density at radius 2 is 2.12 bits per heavy atom. The van der Waals surface area contributed by atoms with Gasteiger partial charge in [0.05, 0.1) is 18.8 Å². The van der Waals surface area contributed by atoms with Gasteiger partial charge in [0.1, 0.15) is 11.5 Å². The number of aromatic nitrogens is 2. The number of likely N-dealkylation sites (tertiary alicyclic amines) is 1. The van der Waals surface area contributed by atoms with E-state index < -0.39 is 11.6 Å². The average molecular weight is 348 g/mol. The molecule has 132 valence electrons. The van der Waals surface area contributed by atoms with Gasteiger partial charge in [0, 0.05) is 31.9 Å². The van der Waals surface area contributed by atoms with E-state index in [2.05, 4.69) is 10.00 Å². The highest BCUT2D eigenvalue weighted by Crippen LogP contribution is 2.23. The summed E-state index contributed by atoms with van der Waals surface area (Å²) in [6, 6.07) is 4.96. The van der Waals surface area contributed by atoms with Crippen LogP contribution >= 0.6 is 0 Å². The van der Waals surface area contributed by atoms with Crippen molar-refractivity contribution in [2.45, 2.75) is 12.1 Å². The van der Waals surface area contributed by atoms with Gasteiger partial charge in [-0.3, -0.25) is 9.69 Å². The summed E-state index contributed by atoms with van der Waals surface area (Å²) in [6.45, 7) is 2.61. The molecule has 2 atom stereocenters. The molecule has 25 heavy (non-hydrogen) atoms. The summed E-state index contributed by atoms with van der Waals surface area (Å²) in [6.07, 6.45) is 1.51. The van der Waals surface area contributed by atoms with Gasteiger partial charge in [-0.2, -0.15) is 5.10 Å². The molecule has 2 saturated heterocycles. The fourth-order valence-corrected chi connectivity index (χ4v) is 3.42. The summed E-state index contributed by atoms with van der Waals surface area (Å²) >= 11 is 0. The largest absolute Gasteiger partial charge is 0.373 e. The molecule has 2 aromatic rings. The SMILES string of the molecule is CN1CCO[C@@H]2CN(C(=O)c3ccn(-c4ccc(F)cc4F)n3)C[C@@H]21. The van der Waals surface area contributed by atoms with Gasteiger partial charge in [-0.25, -0.2) is 13.5 Å². The summed E-state index contributed by atoms with van der Waals surface area (Å²) in [5, 5.41) is 4.16. The lowest BCUT2D eigenvalue weighted by Crippen LogP contribution is -2.48. The van der Waals surface area contributed by atoms with Gasteiger partial charge >= 0.3 is 0 Å². The molecule has 0 unspecified atom stereocenters. The number of nitrogens with zero attached hydrogens (tertiary/aromatic N) is 4. The number of hydrogen-bond acceptors (Lipinski definition) is 4. The van der Waals surface area contributed by atoms with E-state index in [9.17, 15) is 13.6 Å². The van der Waals surface area contributed by atoms with Gasteiger partial charge in [0.2, 0.25) is 0 Å². The first kappa shape index (κ1) is 16.2. The summed E-state index contributed by atoms with van der Waals surface area (Å²) in [4.78, 5) is 16.6. The summed E-state index contributed by atoms with van der Waals surface area (Å²) in [7, 11) is 2.03. The van der Waals surface area contributed by atoms with Crippen LogP contribution in [-0.2, 0) is 4.74 Å². The minimum absolute atomic E-state index is 0.0133. The third-order valence-electron chi connectivity index (χ3n) is 4.83. The maximum absolute atomic E-state index is 13.9. The number of benzene rings is 1. The van der Waals surface area contributed by atoms with E-state index >= 15 is 0 Å². The highest BCUT2D eigenvalue weighted by molar-refractivity contribution is 5.92. The second kappa shape index (κ2) is 6.20. The third-order valence-corrected chi connectivity index (χ3v) is 4.83. The maximum atomic E-state index is 13.9. The second-order valence-electron chi connectivity index (χ2n) is 6.41. The van der Waals surface area contributed by atoms with Crippen LogP contribution < -0.4 is 0 Å². The zero-order valence-corrected chi connectivity index (χ0v) is 13.7. The molecule has 1 amide bonds. The van der Waals surface area contributed by atoms with Gasteiger partial charge in [-0.15, -0.1) is 0 Å². The van der Waals surface area contributed by atoms with Crippen LogP contribution in [0.15, 0.2) is 30.5 Å². The average Bonchev–Trinajstić information content (AvgIpc) is 3.22. The molecule has 0 N–H and O–H groups in total. The Labute approximate surface area is 143 Å². The Hall–Kier alpha value is -2.32. The van der Waals surface area contributed by atoms with Crippen molar-refractivity contribution in [2.75, 3.05) is 33.3 Å². The van der Waals surface area contributed by atoms with Gasteiger partial charge in [0.15, 0.2) is 11.5 Å². The topological polar surface area (TPSA) is 50.6 Å². The third kappa shape index (κ3) is 2.91. The molecular weight excluding hydrogens is 330 g/mol. The normalized spacial score (nSPS) is 23.7. The van der Waals surface area contributed by atoms with Crippen LogP contribution in [0.4, 0.5) is 8.78 Å². The van der Waals surface area contributed by atoms with Crippen molar-refractivity contribution in [2.24, 2.45) is 0 Å². The minimum atomic E-state index is -0.732. The number of likely N-dealkylation sites (N-methyl/N-ethyl adjacent to an activating group) is 1. The molecule has 0 radical (unpaired) electrons. The predicted octanol–water partition coefficient (Wildman–Crippen LogP) is 1.31. The van der Waals surface area contributed by atoms with Crippen molar-refractivity contribution in [3.05, 3.63) is 47.8 Å².